The highest BCUT2D eigenvalue weighted by molar-refractivity contribution is 7.89. The van der Waals surface area contributed by atoms with E-state index in [0.29, 0.717) is 22.4 Å². The molecule has 0 saturated heterocycles. The van der Waals surface area contributed by atoms with Crippen LogP contribution in [-0.2, 0) is 16.2 Å². The van der Waals surface area contributed by atoms with Gasteiger partial charge in [0.15, 0.2) is 5.69 Å². The van der Waals surface area contributed by atoms with Gasteiger partial charge < -0.3 is 4.74 Å². The topological polar surface area (TPSA) is 87.2 Å². The Morgan fingerprint density at radius 2 is 1.66 bits per heavy atom. The molecule has 1 heterocycles. The maximum atomic E-state index is 13.4. The van der Waals surface area contributed by atoms with Crippen molar-refractivity contribution < 1.29 is 26.3 Å². The highest BCUT2D eigenvalue weighted by atomic mass is 32.2. The normalized spacial score (nSPS) is 12.2. The zero-order valence-electron chi connectivity index (χ0n) is 15.8. The smallest absolute Gasteiger partial charge is 0.435 e. The van der Waals surface area contributed by atoms with Crippen molar-refractivity contribution in [1.29, 1.82) is 0 Å². The largest absolute Gasteiger partial charge is 0.496 e. The molecular weight excluding hydrogens is 407 g/mol. The quantitative estimate of drug-likeness (QED) is 0.688. The number of halogens is 3. The molecule has 0 atom stereocenters. The first-order valence-corrected chi connectivity index (χ1v) is 9.93. The highest BCUT2D eigenvalue weighted by Gasteiger charge is 2.36. The second-order valence-electron chi connectivity index (χ2n) is 6.48. The number of nitrogens with zero attached hydrogens (tertiary/aromatic N) is 2. The van der Waals surface area contributed by atoms with E-state index in [1.165, 1.54) is 31.4 Å². The van der Waals surface area contributed by atoms with Crippen molar-refractivity contribution in [3.05, 3.63) is 59.3 Å². The molecule has 0 aliphatic heterocycles. The number of para-hydroxylation sites is 1. The van der Waals surface area contributed by atoms with Gasteiger partial charge in [-0.15, -0.1) is 0 Å². The van der Waals surface area contributed by atoms with Gasteiger partial charge in [-0.1, -0.05) is 12.1 Å². The summed E-state index contributed by atoms with van der Waals surface area (Å²) in [5.41, 5.74) is 0.692. The van der Waals surface area contributed by atoms with Gasteiger partial charge in [-0.2, -0.15) is 18.3 Å². The molecule has 0 radical (unpaired) electrons. The van der Waals surface area contributed by atoms with Crippen LogP contribution in [-0.4, -0.2) is 25.3 Å². The minimum Gasteiger partial charge on any atom is -0.496 e. The summed E-state index contributed by atoms with van der Waals surface area (Å²) in [4.78, 5) is -0.333. The molecule has 0 aliphatic carbocycles. The van der Waals surface area contributed by atoms with E-state index in [4.69, 9.17) is 9.88 Å². The molecule has 2 aromatic carbocycles. The van der Waals surface area contributed by atoms with Crippen molar-refractivity contribution >= 4 is 10.0 Å². The third-order valence-electron chi connectivity index (χ3n) is 4.36. The van der Waals surface area contributed by atoms with Gasteiger partial charge in [0.1, 0.15) is 10.6 Å². The van der Waals surface area contributed by atoms with E-state index in [1.54, 1.807) is 26.0 Å². The maximum absolute atomic E-state index is 13.4. The van der Waals surface area contributed by atoms with Gasteiger partial charge in [0.2, 0.25) is 10.0 Å². The Balaban J connectivity index is 2.35. The maximum Gasteiger partial charge on any atom is 0.435 e. The van der Waals surface area contributed by atoms with E-state index in [0.717, 1.165) is 10.7 Å². The molecule has 0 bridgehead atoms. The second-order valence-corrected chi connectivity index (χ2v) is 8.01. The molecule has 29 heavy (non-hydrogen) atoms. The first-order chi connectivity index (χ1) is 13.4. The van der Waals surface area contributed by atoms with E-state index in [2.05, 4.69) is 5.10 Å². The van der Waals surface area contributed by atoms with Gasteiger partial charge in [0.05, 0.1) is 18.5 Å². The highest BCUT2D eigenvalue weighted by Crippen LogP contribution is 2.36. The van der Waals surface area contributed by atoms with Gasteiger partial charge in [-0.3, -0.25) is 0 Å². The Morgan fingerprint density at radius 1 is 1.07 bits per heavy atom. The van der Waals surface area contributed by atoms with Crippen molar-refractivity contribution in [2.24, 2.45) is 5.14 Å². The first-order valence-electron chi connectivity index (χ1n) is 8.38. The number of rotatable bonds is 4. The van der Waals surface area contributed by atoms with Gasteiger partial charge in [-0.25, -0.2) is 18.2 Å². The SMILES string of the molecule is COc1c(C)cc(-c2cc(C(F)(F)F)nn2-c2ccccc2S(N)(=O)=O)cc1C. The number of benzene rings is 2. The second kappa shape index (κ2) is 7.20. The standard InChI is InChI=1S/C19H18F3N3O3S/c1-11-8-13(9-12(2)18(11)28-3)15-10-17(19(20,21)22)24-25(15)14-6-4-5-7-16(14)29(23,26)27/h4-10H,1-3H3,(H2,23,26,27). The van der Waals surface area contributed by atoms with Crippen LogP contribution in [0.2, 0.25) is 0 Å². The van der Waals surface area contributed by atoms with Crippen LogP contribution in [0.5, 0.6) is 5.75 Å². The van der Waals surface area contributed by atoms with Gasteiger partial charge >= 0.3 is 6.18 Å². The first kappa shape index (κ1) is 20.9. The van der Waals surface area contributed by atoms with Crippen LogP contribution in [0.15, 0.2) is 47.4 Å². The van der Waals surface area contributed by atoms with E-state index >= 15 is 0 Å². The Morgan fingerprint density at radius 3 is 2.17 bits per heavy atom. The van der Waals surface area contributed by atoms with Crippen LogP contribution in [0.4, 0.5) is 13.2 Å². The minimum absolute atomic E-state index is 0.0716. The third kappa shape index (κ3) is 3.99. The molecule has 0 amide bonds. The monoisotopic (exact) mass is 425 g/mol. The Hall–Kier alpha value is -2.85. The zero-order chi connectivity index (χ0) is 21.6. The van der Waals surface area contributed by atoms with Crippen LogP contribution in [0.1, 0.15) is 16.8 Å². The molecule has 0 aliphatic rings. The summed E-state index contributed by atoms with van der Waals surface area (Å²) in [7, 11) is -2.69. The number of alkyl halides is 3. The lowest BCUT2D eigenvalue weighted by molar-refractivity contribution is -0.141. The average Bonchev–Trinajstić information content (AvgIpc) is 3.06. The molecule has 0 fully saturated rings. The zero-order valence-corrected chi connectivity index (χ0v) is 16.6. The number of sulfonamides is 1. The fourth-order valence-electron chi connectivity index (χ4n) is 3.20. The van der Waals surface area contributed by atoms with Crippen molar-refractivity contribution in [1.82, 2.24) is 9.78 Å². The number of hydrogen-bond donors (Lipinski definition) is 1. The fraction of sp³-hybridized carbons (Fsp3) is 0.211. The number of aryl methyl sites for hydroxylation is 2. The third-order valence-corrected chi connectivity index (χ3v) is 5.32. The van der Waals surface area contributed by atoms with E-state index < -0.39 is 21.9 Å². The van der Waals surface area contributed by atoms with Crippen LogP contribution >= 0.6 is 0 Å². The van der Waals surface area contributed by atoms with Crippen LogP contribution < -0.4 is 9.88 Å². The fourth-order valence-corrected chi connectivity index (χ4v) is 3.92. The van der Waals surface area contributed by atoms with Crippen LogP contribution in [0.3, 0.4) is 0 Å². The number of nitrogens with two attached hydrogens (primary N) is 1. The van der Waals surface area contributed by atoms with E-state index in [9.17, 15) is 21.6 Å². The summed E-state index contributed by atoms with van der Waals surface area (Å²) in [6.45, 7) is 3.53. The van der Waals surface area contributed by atoms with Crippen LogP contribution in [0, 0.1) is 13.8 Å². The van der Waals surface area contributed by atoms with Gasteiger partial charge in [0.25, 0.3) is 0 Å². The lowest BCUT2D eigenvalue weighted by Crippen LogP contribution is -2.16. The van der Waals surface area contributed by atoms with E-state index in [-0.39, 0.29) is 16.3 Å². The predicted octanol–water partition coefficient (Wildman–Crippen LogP) is 3.83. The van der Waals surface area contributed by atoms with Gasteiger partial charge in [-0.05, 0) is 55.3 Å². The molecule has 3 rings (SSSR count). The summed E-state index contributed by atoms with van der Waals surface area (Å²) < 4.78 is 70.3. The molecule has 3 aromatic rings. The molecule has 0 saturated carbocycles. The lowest BCUT2D eigenvalue weighted by Gasteiger charge is -2.14. The van der Waals surface area contributed by atoms with Crippen molar-refractivity contribution in [2.75, 3.05) is 7.11 Å². The summed E-state index contributed by atoms with van der Waals surface area (Å²) in [5.74, 6) is 0.612. The van der Waals surface area contributed by atoms with Crippen molar-refractivity contribution in [3.8, 4) is 22.7 Å². The summed E-state index contributed by atoms with van der Waals surface area (Å²) >= 11 is 0. The Labute approximate surface area is 165 Å². The molecule has 154 valence electrons. The van der Waals surface area contributed by atoms with Gasteiger partial charge in [0, 0.05) is 5.56 Å². The lowest BCUT2D eigenvalue weighted by atomic mass is 10.0. The molecular formula is C19H18F3N3O3S. The molecule has 2 N–H and O–H groups in total. The molecule has 0 spiro atoms. The van der Waals surface area contributed by atoms with Crippen molar-refractivity contribution in [2.45, 2.75) is 24.9 Å². The summed E-state index contributed by atoms with van der Waals surface area (Å²) in [6, 6.07) is 9.66. The number of hydrogen-bond acceptors (Lipinski definition) is 4. The summed E-state index contributed by atoms with van der Waals surface area (Å²) in [5, 5.41) is 8.90. The number of aromatic nitrogens is 2. The molecule has 10 heteroatoms. The van der Waals surface area contributed by atoms with Crippen LogP contribution in [0.25, 0.3) is 16.9 Å². The summed E-state index contributed by atoms with van der Waals surface area (Å²) in [6.07, 6.45) is -4.72. The number of ether oxygens (including phenoxy) is 1. The van der Waals surface area contributed by atoms with Crippen molar-refractivity contribution in [3.63, 3.8) is 0 Å². The Bertz CT molecular complexity index is 1160. The predicted molar refractivity (Wildman–Crippen MR) is 101 cm³/mol. The average molecular weight is 425 g/mol. The Kier molecular flexibility index (Phi) is 5.18. The molecule has 1 aromatic heterocycles. The molecule has 0 unspecified atom stereocenters. The number of methoxy groups -OCH3 is 1. The van der Waals surface area contributed by atoms with E-state index in [1.807, 2.05) is 0 Å². The number of primary sulfonamides is 1. The minimum atomic E-state index is -4.72. The molecule has 6 nitrogen and oxygen atoms in total.